The molecule has 0 saturated heterocycles. The number of esters is 1. The number of aryl methyl sites for hydroxylation is 1. The number of aromatic nitrogens is 3. The van der Waals surface area contributed by atoms with E-state index in [0.717, 1.165) is 54.5 Å². The summed E-state index contributed by atoms with van der Waals surface area (Å²) in [6.07, 6.45) is 6.07. The van der Waals surface area contributed by atoms with Crippen molar-refractivity contribution >= 4 is 45.9 Å². The van der Waals surface area contributed by atoms with E-state index in [1.807, 2.05) is 34.9 Å². The van der Waals surface area contributed by atoms with Crippen LogP contribution < -0.4 is 10.6 Å². The van der Waals surface area contributed by atoms with Gasteiger partial charge in [0, 0.05) is 11.4 Å². The van der Waals surface area contributed by atoms with Gasteiger partial charge >= 0.3 is 5.97 Å². The Balaban J connectivity index is 1.39. The Bertz CT molecular complexity index is 1290. The molecule has 0 fully saturated rings. The second kappa shape index (κ2) is 14.3. The lowest BCUT2D eigenvalue weighted by Gasteiger charge is -2.12. The summed E-state index contributed by atoms with van der Waals surface area (Å²) in [6, 6.07) is 9.58. The minimum Gasteiger partial charge on any atom is -0.462 e. The largest absolute Gasteiger partial charge is 0.462 e. The van der Waals surface area contributed by atoms with Crippen LogP contribution in [-0.4, -0.2) is 44.9 Å². The van der Waals surface area contributed by atoms with Crippen molar-refractivity contribution in [1.29, 1.82) is 0 Å². The van der Waals surface area contributed by atoms with Gasteiger partial charge < -0.3 is 19.9 Å². The minimum atomic E-state index is -0.377. The van der Waals surface area contributed by atoms with Crippen LogP contribution in [0.2, 0.25) is 0 Å². The van der Waals surface area contributed by atoms with Crippen LogP contribution in [-0.2, 0) is 46.7 Å². The normalized spacial score (nSPS) is 12.6. The molecule has 1 aliphatic carbocycles. The fourth-order valence-electron chi connectivity index (χ4n) is 4.48. The van der Waals surface area contributed by atoms with E-state index in [1.165, 1.54) is 23.1 Å². The van der Waals surface area contributed by atoms with Gasteiger partial charge in [0.25, 0.3) is 0 Å². The second-order valence-corrected chi connectivity index (χ2v) is 11.4. The second-order valence-electron chi connectivity index (χ2n) is 9.32. The zero-order valence-corrected chi connectivity index (χ0v) is 24.1. The van der Waals surface area contributed by atoms with Crippen molar-refractivity contribution in [2.45, 2.75) is 77.0 Å². The number of fused-ring (bicyclic) bond motifs is 1. The number of amides is 2. The van der Waals surface area contributed by atoms with Crippen molar-refractivity contribution in [3.05, 3.63) is 57.7 Å². The SMILES string of the molecule is CCCCn1c(CNC(=O)Cc2ccccc2)nnc1SCC(=O)Nc1sc2c(c1C(=O)OCC)CCCC2. The van der Waals surface area contributed by atoms with E-state index in [2.05, 4.69) is 27.8 Å². The van der Waals surface area contributed by atoms with Gasteiger partial charge in [-0.15, -0.1) is 21.5 Å². The van der Waals surface area contributed by atoms with Gasteiger partial charge in [-0.1, -0.05) is 55.4 Å². The number of thioether (sulfide) groups is 1. The van der Waals surface area contributed by atoms with Gasteiger partial charge in [0.2, 0.25) is 11.8 Å². The van der Waals surface area contributed by atoms with Crippen LogP contribution in [0.1, 0.15) is 71.7 Å². The van der Waals surface area contributed by atoms with E-state index in [0.29, 0.717) is 34.5 Å². The molecule has 0 radical (unpaired) electrons. The molecule has 0 atom stereocenters. The zero-order chi connectivity index (χ0) is 27.6. The maximum absolute atomic E-state index is 13.0. The highest BCUT2D eigenvalue weighted by Gasteiger charge is 2.27. The number of nitrogens with one attached hydrogen (secondary N) is 2. The van der Waals surface area contributed by atoms with Crippen molar-refractivity contribution in [2.75, 3.05) is 17.7 Å². The lowest BCUT2D eigenvalue weighted by molar-refractivity contribution is -0.120. The lowest BCUT2D eigenvalue weighted by Crippen LogP contribution is -2.26. The number of benzene rings is 1. The summed E-state index contributed by atoms with van der Waals surface area (Å²) in [4.78, 5) is 39.3. The molecule has 39 heavy (non-hydrogen) atoms. The molecule has 0 bridgehead atoms. The van der Waals surface area contributed by atoms with E-state index < -0.39 is 0 Å². The zero-order valence-electron chi connectivity index (χ0n) is 22.5. The third-order valence-electron chi connectivity index (χ3n) is 6.42. The number of nitrogens with zero attached hydrogens (tertiary/aromatic N) is 3. The van der Waals surface area contributed by atoms with Crippen molar-refractivity contribution in [3.63, 3.8) is 0 Å². The molecule has 4 rings (SSSR count). The first-order chi connectivity index (χ1) is 19.0. The summed E-state index contributed by atoms with van der Waals surface area (Å²) in [5, 5.41) is 15.7. The van der Waals surface area contributed by atoms with Gasteiger partial charge in [-0.25, -0.2) is 4.79 Å². The monoisotopic (exact) mass is 569 g/mol. The Morgan fingerprint density at radius 2 is 1.87 bits per heavy atom. The molecule has 2 amide bonds. The minimum absolute atomic E-state index is 0.0872. The molecule has 0 saturated carbocycles. The first-order valence-corrected chi connectivity index (χ1v) is 15.3. The molecule has 9 nitrogen and oxygen atoms in total. The van der Waals surface area contributed by atoms with E-state index in [-0.39, 0.29) is 36.7 Å². The van der Waals surface area contributed by atoms with Crippen LogP contribution >= 0.6 is 23.1 Å². The fraction of sp³-hybridized carbons (Fsp3) is 0.464. The van der Waals surface area contributed by atoms with Gasteiger partial charge in [-0.3, -0.25) is 9.59 Å². The third-order valence-corrected chi connectivity index (χ3v) is 8.59. The number of carbonyl (C=O) groups excluding carboxylic acids is 3. The summed E-state index contributed by atoms with van der Waals surface area (Å²) in [7, 11) is 0. The Hall–Kier alpha value is -3.18. The lowest BCUT2D eigenvalue weighted by atomic mass is 9.95. The Morgan fingerprint density at radius 3 is 2.64 bits per heavy atom. The predicted octanol–water partition coefficient (Wildman–Crippen LogP) is 4.78. The molecule has 0 spiro atoms. The molecule has 3 aromatic rings. The van der Waals surface area contributed by atoms with E-state index in [1.54, 1.807) is 6.92 Å². The molecule has 2 aromatic heterocycles. The third kappa shape index (κ3) is 7.69. The summed E-state index contributed by atoms with van der Waals surface area (Å²) in [6.45, 7) is 5.13. The number of ether oxygens (including phenoxy) is 1. The van der Waals surface area contributed by atoms with Gasteiger partial charge in [-0.2, -0.15) is 0 Å². The van der Waals surface area contributed by atoms with E-state index in [9.17, 15) is 14.4 Å². The number of anilines is 1. The van der Waals surface area contributed by atoms with Crippen LogP contribution in [0.4, 0.5) is 5.00 Å². The topological polar surface area (TPSA) is 115 Å². The molecule has 2 heterocycles. The van der Waals surface area contributed by atoms with Crippen LogP contribution in [0.15, 0.2) is 35.5 Å². The Labute approximate surface area is 237 Å². The number of hydrogen-bond acceptors (Lipinski definition) is 8. The van der Waals surface area contributed by atoms with Crippen molar-refractivity contribution in [2.24, 2.45) is 0 Å². The van der Waals surface area contributed by atoms with Gasteiger partial charge in [0.05, 0.1) is 30.9 Å². The number of carbonyl (C=O) groups is 3. The molecule has 2 N–H and O–H groups in total. The van der Waals surface area contributed by atoms with E-state index >= 15 is 0 Å². The summed E-state index contributed by atoms with van der Waals surface area (Å²) < 4.78 is 7.26. The maximum atomic E-state index is 13.0. The van der Waals surface area contributed by atoms with Crippen molar-refractivity contribution in [3.8, 4) is 0 Å². The van der Waals surface area contributed by atoms with Gasteiger partial charge in [-0.05, 0) is 50.2 Å². The smallest absolute Gasteiger partial charge is 0.341 e. The molecular formula is C28H35N5O4S2. The molecule has 208 valence electrons. The first-order valence-electron chi connectivity index (χ1n) is 13.5. The first kappa shape index (κ1) is 28.8. The van der Waals surface area contributed by atoms with Crippen LogP contribution in [0.25, 0.3) is 0 Å². The fourth-order valence-corrected chi connectivity index (χ4v) is 6.56. The van der Waals surface area contributed by atoms with Crippen LogP contribution in [0.3, 0.4) is 0 Å². The summed E-state index contributed by atoms with van der Waals surface area (Å²) in [5.74, 6) is 0.0966. The van der Waals surface area contributed by atoms with Crippen molar-refractivity contribution in [1.82, 2.24) is 20.1 Å². The number of unbranched alkanes of at least 4 members (excludes halogenated alkanes) is 1. The Morgan fingerprint density at radius 1 is 1.08 bits per heavy atom. The van der Waals surface area contributed by atoms with Gasteiger partial charge in [0.15, 0.2) is 11.0 Å². The molecule has 0 aliphatic heterocycles. The molecule has 1 aliphatic rings. The van der Waals surface area contributed by atoms with E-state index in [4.69, 9.17) is 4.74 Å². The van der Waals surface area contributed by atoms with Crippen LogP contribution in [0.5, 0.6) is 0 Å². The summed E-state index contributed by atoms with van der Waals surface area (Å²) in [5.41, 5.74) is 2.47. The maximum Gasteiger partial charge on any atom is 0.341 e. The number of thiophene rings is 1. The average molecular weight is 570 g/mol. The molecular weight excluding hydrogens is 534 g/mol. The predicted molar refractivity (Wildman–Crippen MR) is 153 cm³/mol. The molecule has 0 unspecified atom stereocenters. The standard InChI is InChI=1S/C28H35N5O4S2/c1-3-5-15-33-22(17-29-23(34)16-19-11-7-6-8-12-19)31-32-28(33)38-18-24(35)30-26-25(27(36)37-4-2)20-13-9-10-14-21(20)39-26/h6-8,11-12H,3-5,9-10,13-18H2,1-2H3,(H,29,34)(H,30,35). The van der Waals surface area contributed by atoms with Crippen LogP contribution in [0, 0.1) is 0 Å². The number of rotatable bonds is 13. The highest BCUT2D eigenvalue weighted by atomic mass is 32.2. The average Bonchev–Trinajstić information content (AvgIpc) is 3.50. The van der Waals surface area contributed by atoms with Crippen molar-refractivity contribution < 1.29 is 19.1 Å². The quantitative estimate of drug-likeness (QED) is 0.225. The molecule has 1 aromatic carbocycles. The van der Waals surface area contributed by atoms with Gasteiger partial charge in [0.1, 0.15) is 5.00 Å². The Kier molecular flexibility index (Phi) is 10.5. The molecule has 11 heteroatoms. The highest BCUT2D eigenvalue weighted by Crippen LogP contribution is 2.38. The summed E-state index contributed by atoms with van der Waals surface area (Å²) >= 11 is 2.77. The highest BCUT2D eigenvalue weighted by molar-refractivity contribution is 7.99. The number of hydrogen-bond donors (Lipinski definition) is 2.